The van der Waals surface area contributed by atoms with Crippen LogP contribution in [0.2, 0.25) is 5.02 Å². The SMILES string of the molecule is CC1=CCC(C(=O)NC=Cc2c(Cl)ccc3ccccc23)=C1. The van der Waals surface area contributed by atoms with Gasteiger partial charge in [0.1, 0.15) is 0 Å². The molecule has 0 aromatic heterocycles. The van der Waals surface area contributed by atoms with E-state index in [9.17, 15) is 4.79 Å². The van der Waals surface area contributed by atoms with Gasteiger partial charge in [0, 0.05) is 22.4 Å². The van der Waals surface area contributed by atoms with E-state index < -0.39 is 0 Å². The number of nitrogens with one attached hydrogen (secondary N) is 1. The number of allylic oxidation sites excluding steroid dienone is 3. The summed E-state index contributed by atoms with van der Waals surface area (Å²) in [6.07, 6.45) is 8.15. The van der Waals surface area contributed by atoms with E-state index in [0.29, 0.717) is 11.4 Å². The van der Waals surface area contributed by atoms with Gasteiger partial charge in [-0.1, -0.05) is 59.7 Å². The highest BCUT2D eigenvalue weighted by Crippen LogP contribution is 2.27. The number of fused-ring (bicyclic) bond motifs is 1. The molecular formula is C19H16ClNO. The van der Waals surface area contributed by atoms with Crippen molar-refractivity contribution >= 4 is 34.4 Å². The summed E-state index contributed by atoms with van der Waals surface area (Å²) in [4.78, 5) is 12.0. The molecule has 2 nitrogen and oxygen atoms in total. The number of amides is 1. The lowest BCUT2D eigenvalue weighted by atomic mass is 10.0. The fourth-order valence-electron chi connectivity index (χ4n) is 2.55. The predicted octanol–water partition coefficient (Wildman–Crippen LogP) is 4.86. The first-order valence-corrected chi connectivity index (χ1v) is 7.55. The molecule has 0 spiro atoms. The molecule has 0 aliphatic heterocycles. The van der Waals surface area contributed by atoms with E-state index in [0.717, 1.165) is 27.5 Å². The minimum Gasteiger partial charge on any atom is -0.329 e. The van der Waals surface area contributed by atoms with Crippen molar-refractivity contribution in [2.45, 2.75) is 13.3 Å². The minimum absolute atomic E-state index is 0.0688. The Morgan fingerprint density at radius 2 is 2.05 bits per heavy atom. The van der Waals surface area contributed by atoms with Crippen molar-refractivity contribution in [1.82, 2.24) is 5.32 Å². The summed E-state index contributed by atoms with van der Waals surface area (Å²) in [6.45, 7) is 1.99. The normalized spacial score (nSPS) is 14.3. The van der Waals surface area contributed by atoms with Crippen molar-refractivity contribution in [3.8, 4) is 0 Å². The van der Waals surface area contributed by atoms with Gasteiger partial charge in [-0.15, -0.1) is 0 Å². The molecule has 2 aromatic carbocycles. The molecule has 1 N–H and O–H groups in total. The number of hydrogen-bond acceptors (Lipinski definition) is 1. The van der Waals surface area contributed by atoms with E-state index in [1.807, 2.05) is 61.5 Å². The van der Waals surface area contributed by atoms with Crippen LogP contribution in [0.15, 0.2) is 65.9 Å². The molecule has 3 rings (SSSR count). The molecule has 0 bridgehead atoms. The van der Waals surface area contributed by atoms with Crippen LogP contribution in [-0.2, 0) is 4.79 Å². The van der Waals surface area contributed by atoms with Crippen molar-refractivity contribution in [1.29, 1.82) is 0 Å². The summed E-state index contributed by atoms with van der Waals surface area (Å²) in [5.74, 6) is -0.0688. The Balaban J connectivity index is 1.80. The van der Waals surface area contributed by atoms with Gasteiger partial charge < -0.3 is 5.32 Å². The Bertz CT molecular complexity index is 830. The second-order valence-corrected chi connectivity index (χ2v) is 5.72. The number of carbonyl (C=O) groups is 1. The third-order valence-corrected chi connectivity index (χ3v) is 4.05. The topological polar surface area (TPSA) is 29.1 Å². The zero-order valence-corrected chi connectivity index (χ0v) is 13.0. The molecule has 3 heteroatoms. The number of carbonyl (C=O) groups excluding carboxylic acids is 1. The Kier molecular flexibility index (Phi) is 4.12. The first-order valence-electron chi connectivity index (χ1n) is 7.17. The number of benzene rings is 2. The van der Waals surface area contributed by atoms with Gasteiger partial charge in [0.25, 0.3) is 5.91 Å². The average Bonchev–Trinajstić information content (AvgIpc) is 2.96. The lowest BCUT2D eigenvalue weighted by molar-refractivity contribution is -0.116. The average molecular weight is 310 g/mol. The van der Waals surface area contributed by atoms with Crippen LogP contribution in [-0.4, -0.2) is 5.91 Å². The zero-order valence-electron chi connectivity index (χ0n) is 12.3. The third-order valence-electron chi connectivity index (χ3n) is 3.72. The number of hydrogen-bond donors (Lipinski definition) is 1. The molecule has 110 valence electrons. The highest BCUT2D eigenvalue weighted by atomic mass is 35.5. The quantitative estimate of drug-likeness (QED) is 0.862. The van der Waals surface area contributed by atoms with E-state index in [2.05, 4.69) is 5.32 Å². The number of rotatable bonds is 3. The largest absolute Gasteiger partial charge is 0.329 e. The van der Waals surface area contributed by atoms with E-state index in [1.165, 1.54) is 0 Å². The molecule has 0 atom stereocenters. The molecule has 0 saturated carbocycles. The van der Waals surface area contributed by atoms with Crippen molar-refractivity contribution in [2.24, 2.45) is 0 Å². The van der Waals surface area contributed by atoms with E-state index in [4.69, 9.17) is 11.6 Å². The molecule has 2 aromatic rings. The second-order valence-electron chi connectivity index (χ2n) is 5.31. The fraction of sp³-hybridized carbons (Fsp3) is 0.105. The van der Waals surface area contributed by atoms with Crippen LogP contribution in [0.1, 0.15) is 18.9 Å². The maximum absolute atomic E-state index is 12.0. The van der Waals surface area contributed by atoms with Crippen molar-refractivity contribution in [3.05, 3.63) is 76.5 Å². The Morgan fingerprint density at radius 1 is 1.23 bits per heavy atom. The Morgan fingerprint density at radius 3 is 2.82 bits per heavy atom. The summed E-state index contributed by atoms with van der Waals surface area (Å²) < 4.78 is 0. The molecule has 1 aliphatic carbocycles. The molecule has 0 unspecified atom stereocenters. The molecule has 0 fully saturated rings. The first kappa shape index (κ1) is 14.6. The van der Waals surface area contributed by atoms with Gasteiger partial charge in [-0.05, 0) is 36.3 Å². The highest BCUT2D eigenvalue weighted by Gasteiger charge is 2.11. The third kappa shape index (κ3) is 2.97. The van der Waals surface area contributed by atoms with Crippen LogP contribution in [0.25, 0.3) is 16.8 Å². The summed E-state index contributed by atoms with van der Waals surface area (Å²) in [6, 6.07) is 11.9. The van der Waals surface area contributed by atoms with Crippen LogP contribution in [0.4, 0.5) is 0 Å². The molecular weight excluding hydrogens is 294 g/mol. The van der Waals surface area contributed by atoms with E-state index in [-0.39, 0.29) is 5.91 Å². The molecule has 0 heterocycles. The van der Waals surface area contributed by atoms with Crippen LogP contribution >= 0.6 is 11.6 Å². The number of halogens is 1. The smallest absolute Gasteiger partial charge is 0.251 e. The molecule has 22 heavy (non-hydrogen) atoms. The maximum atomic E-state index is 12.0. The van der Waals surface area contributed by atoms with Crippen LogP contribution in [0.5, 0.6) is 0 Å². The molecule has 1 amide bonds. The van der Waals surface area contributed by atoms with Crippen LogP contribution in [0, 0.1) is 0 Å². The lowest BCUT2D eigenvalue weighted by Gasteiger charge is -2.05. The Hall–Kier alpha value is -2.32. The monoisotopic (exact) mass is 309 g/mol. The van der Waals surface area contributed by atoms with E-state index >= 15 is 0 Å². The predicted molar refractivity (Wildman–Crippen MR) is 92.6 cm³/mol. The summed E-state index contributed by atoms with van der Waals surface area (Å²) >= 11 is 6.28. The minimum atomic E-state index is -0.0688. The van der Waals surface area contributed by atoms with Crippen LogP contribution in [0.3, 0.4) is 0 Å². The summed E-state index contributed by atoms with van der Waals surface area (Å²) in [5.41, 5.74) is 2.83. The van der Waals surface area contributed by atoms with Gasteiger partial charge in [0.2, 0.25) is 0 Å². The fourth-order valence-corrected chi connectivity index (χ4v) is 2.78. The van der Waals surface area contributed by atoms with Gasteiger partial charge >= 0.3 is 0 Å². The highest BCUT2D eigenvalue weighted by molar-refractivity contribution is 6.33. The standard InChI is InChI=1S/C19H16ClNO/c1-13-6-7-15(12-13)19(22)21-11-10-17-16-5-3-2-4-14(16)8-9-18(17)20/h2-6,8-12H,7H2,1H3,(H,21,22). The second kappa shape index (κ2) is 6.20. The molecule has 1 aliphatic rings. The first-order chi connectivity index (χ1) is 10.6. The van der Waals surface area contributed by atoms with Crippen molar-refractivity contribution in [3.63, 3.8) is 0 Å². The molecule has 0 radical (unpaired) electrons. The molecule has 0 saturated heterocycles. The summed E-state index contributed by atoms with van der Waals surface area (Å²) in [7, 11) is 0. The van der Waals surface area contributed by atoms with Gasteiger partial charge in [0.05, 0.1) is 0 Å². The lowest BCUT2D eigenvalue weighted by Crippen LogP contribution is -2.18. The zero-order chi connectivity index (χ0) is 15.5. The van der Waals surface area contributed by atoms with Crippen LogP contribution < -0.4 is 5.32 Å². The van der Waals surface area contributed by atoms with Gasteiger partial charge in [-0.2, -0.15) is 0 Å². The van der Waals surface area contributed by atoms with Gasteiger partial charge in [0.15, 0.2) is 0 Å². The van der Waals surface area contributed by atoms with Crippen molar-refractivity contribution in [2.75, 3.05) is 0 Å². The van der Waals surface area contributed by atoms with Crippen molar-refractivity contribution < 1.29 is 4.79 Å². The van der Waals surface area contributed by atoms with Gasteiger partial charge in [-0.25, -0.2) is 0 Å². The van der Waals surface area contributed by atoms with Gasteiger partial charge in [-0.3, -0.25) is 4.79 Å². The Labute approximate surface area is 134 Å². The maximum Gasteiger partial charge on any atom is 0.251 e. The van der Waals surface area contributed by atoms with E-state index in [1.54, 1.807) is 6.20 Å². The summed E-state index contributed by atoms with van der Waals surface area (Å²) in [5, 5.41) is 5.66.